The van der Waals surface area contributed by atoms with Crippen molar-refractivity contribution in [1.82, 2.24) is 9.80 Å². The highest BCUT2D eigenvalue weighted by atomic mass is 35.5. The van der Waals surface area contributed by atoms with E-state index in [1.165, 1.54) is 16.2 Å². The van der Waals surface area contributed by atoms with Crippen LogP contribution in [0.5, 0.6) is 0 Å². The molecule has 0 spiro atoms. The van der Waals surface area contributed by atoms with E-state index < -0.39 is 6.04 Å². The molecule has 1 aromatic carbocycles. The van der Waals surface area contributed by atoms with E-state index in [0.29, 0.717) is 35.1 Å². The van der Waals surface area contributed by atoms with Crippen LogP contribution < -0.4 is 5.32 Å². The maximum absolute atomic E-state index is 13.1. The van der Waals surface area contributed by atoms with Crippen LogP contribution in [0.15, 0.2) is 35.7 Å². The molecule has 0 bridgehead atoms. The molecule has 2 heterocycles. The van der Waals surface area contributed by atoms with Gasteiger partial charge in [0.15, 0.2) is 0 Å². The molecule has 0 saturated carbocycles. The number of thiophene rings is 1. The molecule has 0 radical (unpaired) electrons. The van der Waals surface area contributed by atoms with Gasteiger partial charge >= 0.3 is 0 Å². The highest BCUT2D eigenvalue weighted by Crippen LogP contribution is 2.24. The second kappa shape index (κ2) is 9.41. The number of benzene rings is 1. The van der Waals surface area contributed by atoms with Crippen molar-refractivity contribution >= 4 is 46.3 Å². The minimum atomic E-state index is -0.523. The number of halogens is 1. The fraction of sp³-hybridized carbons (Fsp3) is 0.381. The van der Waals surface area contributed by atoms with Crippen molar-refractivity contribution in [2.24, 2.45) is 0 Å². The zero-order valence-corrected chi connectivity index (χ0v) is 18.1. The van der Waals surface area contributed by atoms with E-state index in [1.807, 2.05) is 31.4 Å². The lowest BCUT2D eigenvalue weighted by Crippen LogP contribution is -2.49. The molecular formula is C21H24ClN3O3S. The van der Waals surface area contributed by atoms with Crippen molar-refractivity contribution < 1.29 is 14.4 Å². The first-order valence-electron chi connectivity index (χ1n) is 9.60. The van der Waals surface area contributed by atoms with Gasteiger partial charge in [0.1, 0.15) is 6.04 Å². The molecule has 1 fully saturated rings. The van der Waals surface area contributed by atoms with Crippen LogP contribution >= 0.6 is 22.9 Å². The number of aryl methyl sites for hydroxylation is 1. The van der Waals surface area contributed by atoms with Crippen LogP contribution in [0.3, 0.4) is 0 Å². The summed E-state index contributed by atoms with van der Waals surface area (Å²) >= 11 is 7.37. The Hall–Kier alpha value is -2.38. The maximum Gasteiger partial charge on any atom is 0.264 e. The number of hydrogen-bond donors (Lipinski definition) is 1. The van der Waals surface area contributed by atoms with Gasteiger partial charge < -0.3 is 15.1 Å². The molecule has 3 rings (SSSR count). The minimum Gasteiger partial charge on any atom is -0.332 e. The number of nitrogens with zero attached hydrogens (tertiary/aromatic N) is 2. The van der Waals surface area contributed by atoms with Gasteiger partial charge in [-0.2, -0.15) is 0 Å². The SMILES string of the molecule is CCN(CC(=O)Nc1cc(Cl)ccc1C)C(=O)[C@H]1CCCN1C(=O)c1cccs1. The van der Waals surface area contributed by atoms with E-state index >= 15 is 0 Å². The van der Waals surface area contributed by atoms with E-state index in [2.05, 4.69) is 5.32 Å². The molecule has 3 amide bonds. The average Bonchev–Trinajstić information content (AvgIpc) is 3.40. The molecule has 1 aliphatic rings. The molecule has 29 heavy (non-hydrogen) atoms. The molecule has 6 nitrogen and oxygen atoms in total. The summed E-state index contributed by atoms with van der Waals surface area (Å²) in [6, 6.07) is 8.34. The van der Waals surface area contributed by atoms with Gasteiger partial charge in [0.2, 0.25) is 11.8 Å². The maximum atomic E-state index is 13.1. The molecule has 0 aliphatic carbocycles. The molecule has 8 heteroatoms. The molecule has 0 unspecified atom stereocenters. The Kier molecular flexibility index (Phi) is 6.92. The lowest BCUT2D eigenvalue weighted by molar-refractivity contribution is -0.137. The van der Waals surface area contributed by atoms with Crippen LogP contribution in [0, 0.1) is 6.92 Å². The standard InChI is InChI=1S/C21H24ClN3O3S/c1-3-24(13-19(26)23-16-12-15(22)9-8-14(16)2)20(27)17-6-4-10-25(17)21(28)18-7-5-11-29-18/h5,7-9,11-12,17H,3-4,6,10,13H2,1-2H3,(H,23,26)/t17-/m1/s1. The topological polar surface area (TPSA) is 69.7 Å². The van der Waals surface area contributed by atoms with Crippen LogP contribution in [0.4, 0.5) is 5.69 Å². The second-order valence-corrected chi connectivity index (χ2v) is 8.38. The Morgan fingerprint density at radius 3 is 2.79 bits per heavy atom. The fourth-order valence-corrected chi connectivity index (χ4v) is 4.31. The van der Waals surface area contributed by atoms with Gasteiger partial charge in [0.25, 0.3) is 5.91 Å². The van der Waals surface area contributed by atoms with Crippen molar-refractivity contribution in [1.29, 1.82) is 0 Å². The first-order valence-corrected chi connectivity index (χ1v) is 10.9. The highest BCUT2D eigenvalue weighted by Gasteiger charge is 2.37. The zero-order chi connectivity index (χ0) is 21.0. The van der Waals surface area contributed by atoms with Crippen molar-refractivity contribution in [2.45, 2.75) is 32.7 Å². The zero-order valence-electron chi connectivity index (χ0n) is 16.5. The molecule has 154 valence electrons. The number of anilines is 1. The van der Waals surface area contributed by atoms with E-state index in [9.17, 15) is 14.4 Å². The molecule has 1 aromatic heterocycles. The smallest absolute Gasteiger partial charge is 0.264 e. The van der Waals surface area contributed by atoms with Crippen LogP contribution in [0.1, 0.15) is 35.0 Å². The van der Waals surface area contributed by atoms with Crippen molar-refractivity contribution in [3.8, 4) is 0 Å². The van der Waals surface area contributed by atoms with E-state index in [1.54, 1.807) is 23.1 Å². The summed E-state index contributed by atoms with van der Waals surface area (Å²) in [6.07, 6.45) is 1.39. The molecule has 1 atom stereocenters. The number of amides is 3. The summed E-state index contributed by atoms with van der Waals surface area (Å²) in [5.74, 6) is -0.599. The number of likely N-dealkylation sites (N-methyl/N-ethyl adjacent to an activating group) is 1. The quantitative estimate of drug-likeness (QED) is 0.753. The second-order valence-electron chi connectivity index (χ2n) is 6.99. The van der Waals surface area contributed by atoms with Crippen LogP contribution in [-0.2, 0) is 9.59 Å². The normalized spacial score (nSPS) is 16.0. The van der Waals surface area contributed by atoms with Gasteiger partial charge in [0.05, 0.1) is 11.4 Å². The fourth-order valence-electron chi connectivity index (χ4n) is 3.46. The van der Waals surface area contributed by atoms with Crippen LogP contribution in [0.25, 0.3) is 0 Å². The van der Waals surface area contributed by atoms with Gasteiger partial charge in [0, 0.05) is 23.8 Å². The largest absolute Gasteiger partial charge is 0.332 e. The van der Waals surface area contributed by atoms with E-state index in [-0.39, 0.29) is 24.3 Å². The first-order chi connectivity index (χ1) is 13.9. The Bertz CT molecular complexity index is 901. The number of carbonyl (C=O) groups excluding carboxylic acids is 3. The molecule has 1 saturated heterocycles. The van der Waals surface area contributed by atoms with Gasteiger partial charge in [-0.25, -0.2) is 0 Å². The van der Waals surface area contributed by atoms with Gasteiger partial charge in [-0.1, -0.05) is 23.7 Å². The van der Waals surface area contributed by atoms with Crippen molar-refractivity contribution in [3.05, 3.63) is 51.2 Å². The first kappa shape index (κ1) is 21.3. The van der Waals surface area contributed by atoms with E-state index in [0.717, 1.165) is 12.0 Å². The third-order valence-electron chi connectivity index (χ3n) is 5.03. The Labute approximate surface area is 179 Å². The van der Waals surface area contributed by atoms with Crippen LogP contribution in [-0.4, -0.2) is 53.2 Å². The summed E-state index contributed by atoms with van der Waals surface area (Å²) in [7, 11) is 0. The van der Waals surface area contributed by atoms with Gasteiger partial charge in [-0.05, 0) is 55.8 Å². The Balaban J connectivity index is 1.67. The summed E-state index contributed by atoms with van der Waals surface area (Å²) < 4.78 is 0. The Morgan fingerprint density at radius 1 is 1.31 bits per heavy atom. The van der Waals surface area contributed by atoms with E-state index in [4.69, 9.17) is 11.6 Å². The highest BCUT2D eigenvalue weighted by molar-refractivity contribution is 7.12. The van der Waals surface area contributed by atoms with Crippen molar-refractivity contribution in [3.63, 3.8) is 0 Å². The third kappa shape index (κ3) is 4.97. The predicted molar refractivity (Wildman–Crippen MR) is 115 cm³/mol. The summed E-state index contributed by atoms with van der Waals surface area (Å²) in [6.45, 7) is 4.58. The molecular weight excluding hydrogens is 410 g/mol. The molecule has 1 aliphatic heterocycles. The summed E-state index contributed by atoms with van der Waals surface area (Å²) in [5, 5.41) is 5.20. The van der Waals surface area contributed by atoms with Gasteiger partial charge in [-0.15, -0.1) is 11.3 Å². The molecule has 1 N–H and O–H groups in total. The number of hydrogen-bond acceptors (Lipinski definition) is 4. The molecule has 2 aromatic rings. The number of rotatable bonds is 6. The number of carbonyl (C=O) groups is 3. The number of nitrogens with one attached hydrogen (secondary N) is 1. The van der Waals surface area contributed by atoms with Crippen molar-refractivity contribution in [2.75, 3.05) is 25.0 Å². The third-order valence-corrected chi connectivity index (χ3v) is 6.13. The summed E-state index contributed by atoms with van der Waals surface area (Å²) in [4.78, 5) is 42.1. The average molecular weight is 434 g/mol. The monoisotopic (exact) mass is 433 g/mol. The number of likely N-dealkylation sites (tertiary alicyclic amines) is 1. The minimum absolute atomic E-state index is 0.0706. The van der Waals surface area contributed by atoms with Gasteiger partial charge in [-0.3, -0.25) is 14.4 Å². The summed E-state index contributed by atoms with van der Waals surface area (Å²) in [5.41, 5.74) is 1.52. The Morgan fingerprint density at radius 2 is 2.10 bits per heavy atom. The lowest BCUT2D eigenvalue weighted by Gasteiger charge is -2.29. The van der Waals surface area contributed by atoms with Crippen LogP contribution in [0.2, 0.25) is 5.02 Å². The predicted octanol–water partition coefficient (Wildman–Crippen LogP) is 3.80. The lowest BCUT2D eigenvalue weighted by atomic mass is 10.1.